The average Bonchev–Trinajstić information content (AvgIpc) is 1.00. The molecule has 4 heteroatoms. The average molecular weight is 151 g/mol. The molecule has 0 N–H and O–H groups in total. The summed E-state index contributed by atoms with van der Waals surface area (Å²) in [7, 11) is 0.868. The molecule has 4 heavy (non-hydrogen) atoms. The fourth-order valence-electron chi connectivity index (χ4n) is 0. The van der Waals surface area contributed by atoms with Gasteiger partial charge in [0.2, 0.25) is 0 Å². The van der Waals surface area contributed by atoms with Crippen LogP contribution in [0, 0.1) is 0 Å². The Morgan fingerprint density at radius 2 is 1.25 bits per heavy atom. The quantitative estimate of drug-likeness (QED) is 0.318. The summed E-state index contributed by atoms with van der Waals surface area (Å²) in [5.41, 5.74) is 0. The van der Waals surface area contributed by atoms with Gasteiger partial charge in [0.25, 0.3) is 0 Å². The molecule has 0 atom stereocenters. The Morgan fingerprint density at radius 1 is 1.25 bits per heavy atom. The number of hydrogen-bond acceptors (Lipinski definition) is 0. The van der Waals surface area contributed by atoms with E-state index in [1.807, 2.05) is 0 Å². The monoisotopic (exact) mass is 150 g/mol. The molecule has 0 fully saturated rings. The molecule has 0 saturated heterocycles. The van der Waals surface area contributed by atoms with Crippen molar-refractivity contribution in [2.24, 2.45) is 0 Å². The third-order valence-electron chi connectivity index (χ3n) is 0. The van der Waals surface area contributed by atoms with Gasteiger partial charge < -0.3 is 0 Å². The second-order valence-corrected chi connectivity index (χ2v) is 0. The second-order valence-electron chi connectivity index (χ2n) is 0. The third-order valence-corrected chi connectivity index (χ3v) is 0. The molecule has 0 aliphatic carbocycles. The molecular weight excluding hydrogens is 143 g/mol. The van der Waals surface area contributed by atoms with Crippen LogP contribution < -0.4 is 0 Å². The molecule has 0 heterocycles. The van der Waals surface area contributed by atoms with Gasteiger partial charge in [-0.15, -0.1) is 0 Å². The van der Waals surface area contributed by atoms with E-state index in [1.54, 1.807) is 0 Å². The van der Waals surface area contributed by atoms with Crippen molar-refractivity contribution in [1.82, 2.24) is 0 Å². The van der Waals surface area contributed by atoms with Gasteiger partial charge in [-0.3, -0.25) is 0 Å². The van der Waals surface area contributed by atoms with E-state index in [9.17, 15) is 0 Å². The summed E-state index contributed by atoms with van der Waals surface area (Å²) < 4.78 is 0. The van der Waals surface area contributed by atoms with Crippen molar-refractivity contribution in [3.05, 3.63) is 0 Å². The molecule has 0 amide bonds. The molecule has 0 rings (SSSR count). The van der Waals surface area contributed by atoms with Gasteiger partial charge in [0.1, 0.15) is 0 Å². The Kier molecular flexibility index (Phi) is 82.2. The third kappa shape index (κ3) is 8.97. The number of hydrogen-bond donors (Lipinski definition) is 0. The van der Waals surface area contributed by atoms with Crippen LogP contribution in [-0.4, -0.2) is 49.3 Å². The van der Waals surface area contributed by atoms with Crippen LogP contribution in [-0.2, 0) is 15.4 Å². The molecule has 0 saturated carbocycles. The Labute approximate surface area is 64.1 Å². The predicted molar refractivity (Wildman–Crippen MR) is 28.4 cm³/mol. The van der Waals surface area contributed by atoms with E-state index in [0.29, 0.717) is 0 Å². The maximum atomic E-state index is 4.33. The number of rotatable bonds is 0. The van der Waals surface area contributed by atoms with Crippen molar-refractivity contribution in [2.75, 3.05) is 0 Å². The van der Waals surface area contributed by atoms with Crippen LogP contribution in [0.5, 0.6) is 0 Å². The van der Waals surface area contributed by atoms with Crippen LogP contribution in [0.2, 0.25) is 0 Å². The molecule has 0 spiro atoms. The van der Waals surface area contributed by atoms with Crippen molar-refractivity contribution in [1.29, 1.82) is 0 Å². The van der Waals surface area contributed by atoms with Crippen LogP contribution in [0.15, 0.2) is 0 Å². The van der Waals surface area contributed by atoms with E-state index >= 15 is 0 Å². The van der Waals surface area contributed by atoms with Gasteiger partial charge in [-0.05, 0) is 0 Å². The molecule has 0 aromatic rings. The van der Waals surface area contributed by atoms with Crippen LogP contribution in [0.3, 0.4) is 0 Å². The summed E-state index contributed by atoms with van der Waals surface area (Å²) in [6, 6.07) is 0. The summed E-state index contributed by atoms with van der Waals surface area (Å²) in [5.74, 6) is 0. The van der Waals surface area contributed by atoms with Gasteiger partial charge in [-0.2, -0.15) is 0 Å². The van der Waals surface area contributed by atoms with Crippen LogP contribution in [0.25, 0.3) is 0 Å². The van der Waals surface area contributed by atoms with Crippen molar-refractivity contribution in [3.8, 4) is 0 Å². The van der Waals surface area contributed by atoms with E-state index in [2.05, 4.69) is 15.4 Å². The summed E-state index contributed by atoms with van der Waals surface area (Å²) in [4.78, 5) is 0. The Hall–Kier alpha value is 2.04. The van der Waals surface area contributed by atoms with Crippen LogP contribution in [0.4, 0.5) is 0 Å². The molecule has 0 radical (unpaired) electrons. The first kappa shape index (κ1) is 16.6. The van der Waals surface area contributed by atoms with Gasteiger partial charge in [0.15, 0.2) is 17.4 Å². The first-order chi connectivity index (χ1) is 1.00. The van der Waals surface area contributed by atoms with Gasteiger partial charge in [-0.25, -0.2) is 0 Å². The fraction of sp³-hybridized carbons (Fsp3) is 0. The first-order valence-corrected chi connectivity index (χ1v) is 3.73. The standard InChI is InChI=1S/Al.Cu.Mg.H3Si.5H/h;;;1H3;;;;;. The topological polar surface area (TPSA) is 0 Å². The van der Waals surface area contributed by atoms with E-state index in [4.69, 9.17) is 0 Å². The van der Waals surface area contributed by atoms with Gasteiger partial charge in [0, 0.05) is 0 Å². The van der Waals surface area contributed by atoms with Gasteiger partial charge in [0.05, 0.1) is 0 Å². The Bertz CT molecular complexity index is 8.00. The van der Waals surface area contributed by atoms with Crippen LogP contribution in [0.1, 0.15) is 0 Å². The Morgan fingerprint density at radius 3 is 1.25 bits per heavy atom. The SMILES string of the molecule is [AlH3].[MgH2].[SiH3][Cu]. The Balaban J connectivity index is -0.00000000500. The van der Waals surface area contributed by atoms with Gasteiger partial charge >= 0.3 is 47.3 Å². The van der Waals surface area contributed by atoms with Crippen molar-refractivity contribution >= 4 is 49.3 Å². The molecule has 0 aliphatic rings. The minimum atomic E-state index is 0. The molecule has 0 aromatic heterocycles. The molecule has 0 unspecified atom stereocenters. The molecule has 0 aliphatic heterocycles. The summed E-state index contributed by atoms with van der Waals surface area (Å²) in [5, 5.41) is 0. The van der Waals surface area contributed by atoms with Crippen molar-refractivity contribution in [3.63, 3.8) is 0 Å². The summed E-state index contributed by atoms with van der Waals surface area (Å²) >= 11 is 4.33. The summed E-state index contributed by atoms with van der Waals surface area (Å²) in [6.45, 7) is 0. The van der Waals surface area contributed by atoms with E-state index in [-0.39, 0.29) is 40.4 Å². The van der Waals surface area contributed by atoms with E-state index < -0.39 is 0 Å². The van der Waals surface area contributed by atoms with Gasteiger partial charge in [-0.1, -0.05) is 0 Å². The molecular formula is H8AlCuMgSi. The maximum absolute atomic E-state index is 4.33. The fourth-order valence-corrected chi connectivity index (χ4v) is 0. The predicted octanol–water partition coefficient (Wildman–Crippen LogP) is -3.29. The van der Waals surface area contributed by atoms with Crippen molar-refractivity contribution in [2.45, 2.75) is 0 Å². The molecule has 0 aromatic carbocycles. The normalized spacial score (nSPS) is 2.50. The molecule has 0 nitrogen and oxygen atoms in total. The molecule has 28 valence electrons. The summed E-state index contributed by atoms with van der Waals surface area (Å²) in [6.07, 6.45) is 0. The second kappa shape index (κ2) is 19.8. The first-order valence-electron chi connectivity index (χ1n) is 0.302. The molecule has 0 bridgehead atoms. The van der Waals surface area contributed by atoms with Crippen molar-refractivity contribution < 1.29 is 15.4 Å². The minimum absolute atomic E-state index is 0. The zero-order valence-electron chi connectivity index (χ0n) is 1.30. The zero-order chi connectivity index (χ0) is 2.00. The van der Waals surface area contributed by atoms with E-state index in [1.165, 1.54) is 0 Å². The zero-order valence-corrected chi connectivity index (χ0v) is 4.24. The van der Waals surface area contributed by atoms with E-state index in [0.717, 1.165) is 8.85 Å². The van der Waals surface area contributed by atoms with Crippen LogP contribution >= 0.6 is 0 Å².